The molecular weight excluding hydrogens is 260 g/mol. The summed E-state index contributed by atoms with van der Waals surface area (Å²) in [5.74, 6) is 0.663. The summed E-state index contributed by atoms with van der Waals surface area (Å²) >= 11 is 0. The predicted octanol–water partition coefficient (Wildman–Crippen LogP) is 1.90. The molecule has 5 heteroatoms. The zero-order valence-electron chi connectivity index (χ0n) is 12.0. The third-order valence-electron chi connectivity index (χ3n) is 2.93. The Morgan fingerprint density at radius 3 is 2.21 bits per heavy atom. The molecule has 1 aromatic carbocycles. The van der Waals surface area contributed by atoms with Crippen LogP contribution in [0.25, 0.3) is 0 Å². The average Bonchev–Trinajstić information content (AvgIpc) is 2.38. The zero-order valence-corrected chi connectivity index (χ0v) is 12.8. The third-order valence-corrected chi connectivity index (χ3v) is 4.68. The SMILES string of the molecule is CCS(=O)(=O)c1ccc(N(CCN)CC(C)C)cc1. The molecule has 0 aliphatic rings. The van der Waals surface area contributed by atoms with Crippen molar-refractivity contribution in [3.63, 3.8) is 0 Å². The normalized spacial score (nSPS) is 11.8. The van der Waals surface area contributed by atoms with Gasteiger partial charge in [0.05, 0.1) is 10.6 Å². The van der Waals surface area contributed by atoms with Gasteiger partial charge >= 0.3 is 0 Å². The Kier molecular flexibility index (Phi) is 5.82. The van der Waals surface area contributed by atoms with Gasteiger partial charge in [-0.05, 0) is 30.2 Å². The third kappa shape index (κ3) is 4.51. The van der Waals surface area contributed by atoms with Gasteiger partial charge in [0.2, 0.25) is 0 Å². The molecule has 0 aliphatic carbocycles. The van der Waals surface area contributed by atoms with Gasteiger partial charge in [0, 0.05) is 25.3 Å². The number of rotatable bonds is 7. The van der Waals surface area contributed by atoms with Gasteiger partial charge in [-0.25, -0.2) is 8.42 Å². The van der Waals surface area contributed by atoms with Crippen molar-refractivity contribution in [1.82, 2.24) is 0 Å². The lowest BCUT2D eigenvalue weighted by Gasteiger charge is -2.26. The molecule has 0 atom stereocenters. The first kappa shape index (κ1) is 16.0. The highest BCUT2D eigenvalue weighted by molar-refractivity contribution is 7.91. The smallest absolute Gasteiger partial charge is 0.178 e. The maximum absolute atomic E-state index is 11.8. The van der Waals surface area contributed by atoms with E-state index in [4.69, 9.17) is 5.73 Å². The minimum Gasteiger partial charge on any atom is -0.370 e. The number of nitrogens with two attached hydrogens (primary N) is 1. The summed E-state index contributed by atoms with van der Waals surface area (Å²) in [7, 11) is -3.12. The number of hydrogen-bond donors (Lipinski definition) is 1. The number of sulfone groups is 1. The second kappa shape index (κ2) is 6.91. The quantitative estimate of drug-likeness (QED) is 0.830. The Bertz CT molecular complexity index is 481. The topological polar surface area (TPSA) is 63.4 Å². The Hall–Kier alpha value is -1.07. The monoisotopic (exact) mass is 284 g/mol. The molecule has 108 valence electrons. The lowest BCUT2D eigenvalue weighted by Crippen LogP contribution is -2.32. The Morgan fingerprint density at radius 1 is 1.21 bits per heavy atom. The van der Waals surface area contributed by atoms with Crippen molar-refractivity contribution in [2.75, 3.05) is 30.3 Å². The largest absolute Gasteiger partial charge is 0.370 e. The van der Waals surface area contributed by atoms with Crippen LogP contribution >= 0.6 is 0 Å². The molecule has 0 aromatic heterocycles. The molecule has 1 aromatic rings. The van der Waals surface area contributed by atoms with E-state index in [0.717, 1.165) is 18.8 Å². The minimum atomic E-state index is -3.12. The van der Waals surface area contributed by atoms with Gasteiger partial charge in [0.25, 0.3) is 0 Å². The summed E-state index contributed by atoms with van der Waals surface area (Å²) in [5.41, 5.74) is 6.65. The van der Waals surface area contributed by atoms with E-state index in [1.165, 1.54) is 0 Å². The van der Waals surface area contributed by atoms with Crippen molar-refractivity contribution in [1.29, 1.82) is 0 Å². The van der Waals surface area contributed by atoms with Crippen LogP contribution in [0, 0.1) is 5.92 Å². The van der Waals surface area contributed by atoms with Crippen molar-refractivity contribution in [2.45, 2.75) is 25.7 Å². The molecule has 0 saturated carbocycles. The fourth-order valence-electron chi connectivity index (χ4n) is 1.95. The van der Waals surface area contributed by atoms with E-state index in [-0.39, 0.29) is 5.75 Å². The summed E-state index contributed by atoms with van der Waals surface area (Å²) in [6, 6.07) is 7.08. The first-order chi connectivity index (χ1) is 8.90. The Balaban J connectivity index is 2.95. The van der Waals surface area contributed by atoms with Gasteiger partial charge in [-0.3, -0.25) is 0 Å². The van der Waals surface area contributed by atoms with E-state index in [9.17, 15) is 8.42 Å². The number of anilines is 1. The highest BCUT2D eigenvalue weighted by Gasteiger charge is 2.13. The number of hydrogen-bond acceptors (Lipinski definition) is 4. The van der Waals surface area contributed by atoms with Crippen LogP contribution in [0.15, 0.2) is 29.2 Å². The van der Waals surface area contributed by atoms with Crippen molar-refractivity contribution in [3.05, 3.63) is 24.3 Å². The summed E-state index contributed by atoms with van der Waals surface area (Å²) in [5, 5.41) is 0. The van der Waals surface area contributed by atoms with Crippen LogP contribution in [0.1, 0.15) is 20.8 Å². The maximum atomic E-state index is 11.8. The fourth-order valence-corrected chi connectivity index (χ4v) is 2.84. The van der Waals surface area contributed by atoms with Crippen LogP contribution in [0.3, 0.4) is 0 Å². The van der Waals surface area contributed by atoms with Gasteiger partial charge in [-0.1, -0.05) is 20.8 Å². The van der Waals surface area contributed by atoms with E-state index in [1.807, 2.05) is 12.1 Å². The van der Waals surface area contributed by atoms with Gasteiger partial charge in [-0.2, -0.15) is 0 Å². The number of benzene rings is 1. The van der Waals surface area contributed by atoms with Gasteiger partial charge in [-0.15, -0.1) is 0 Å². The van der Waals surface area contributed by atoms with E-state index in [0.29, 0.717) is 17.4 Å². The molecule has 0 spiro atoms. The van der Waals surface area contributed by atoms with Gasteiger partial charge in [0.15, 0.2) is 9.84 Å². The van der Waals surface area contributed by atoms with Crippen LogP contribution in [0.2, 0.25) is 0 Å². The highest BCUT2D eigenvalue weighted by atomic mass is 32.2. The van der Waals surface area contributed by atoms with Crippen molar-refractivity contribution in [3.8, 4) is 0 Å². The molecule has 0 unspecified atom stereocenters. The van der Waals surface area contributed by atoms with Crippen molar-refractivity contribution in [2.24, 2.45) is 11.7 Å². The summed E-state index contributed by atoms with van der Waals surface area (Å²) in [6.07, 6.45) is 0. The van der Waals surface area contributed by atoms with Crippen LogP contribution in [-0.4, -0.2) is 33.8 Å². The van der Waals surface area contributed by atoms with Gasteiger partial charge < -0.3 is 10.6 Å². The van der Waals surface area contributed by atoms with Crippen LogP contribution < -0.4 is 10.6 Å². The van der Waals surface area contributed by atoms with Gasteiger partial charge in [0.1, 0.15) is 0 Å². The molecule has 0 saturated heterocycles. The van der Waals surface area contributed by atoms with Crippen molar-refractivity contribution < 1.29 is 8.42 Å². The van der Waals surface area contributed by atoms with E-state index in [2.05, 4.69) is 18.7 Å². The first-order valence-corrected chi connectivity index (χ1v) is 8.33. The summed E-state index contributed by atoms with van der Waals surface area (Å²) in [6.45, 7) is 8.23. The molecule has 0 amide bonds. The predicted molar refractivity (Wildman–Crippen MR) is 80.3 cm³/mol. The zero-order chi connectivity index (χ0) is 14.5. The molecule has 1 rings (SSSR count). The molecule has 0 heterocycles. The molecule has 0 aliphatic heterocycles. The van der Waals surface area contributed by atoms with E-state index in [1.54, 1.807) is 19.1 Å². The van der Waals surface area contributed by atoms with Crippen molar-refractivity contribution >= 4 is 15.5 Å². The van der Waals surface area contributed by atoms with E-state index >= 15 is 0 Å². The first-order valence-electron chi connectivity index (χ1n) is 6.68. The van der Waals surface area contributed by atoms with Crippen LogP contribution in [0.5, 0.6) is 0 Å². The minimum absolute atomic E-state index is 0.130. The molecule has 0 bridgehead atoms. The standard InChI is InChI=1S/C14H24N2O2S/c1-4-19(17,18)14-7-5-13(6-8-14)16(10-9-15)11-12(2)3/h5-8,12H,4,9-11,15H2,1-3H3. The maximum Gasteiger partial charge on any atom is 0.178 e. The molecule has 19 heavy (non-hydrogen) atoms. The Labute approximate surface area is 116 Å². The lowest BCUT2D eigenvalue weighted by molar-refractivity contribution is 0.597. The fraction of sp³-hybridized carbons (Fsp3) is 0.571. The van der Waals surface area contributed by atoms with Crippen LogP contribution in [0.4, 0.5) is 5.69 Å². The molecule has 0 fully saturated rings. The van der Waals surface area contributed by atoms with Crippen LogP contribution in [-0.2, 0) is 9.84 Å². The average molecular weight is 284 g/mol. The lowest BCUT2D eigenvalue weighted by atomic mass is 10.2. The Morgan fingerprint density at radius 2 is 1.79 bits per heavy atom. The highest BCUT2D eigenvalue weighted by Crippen LogP contribution is 2.19. The second-order valence-electron chi connectivity index (χ2n) is 5.03. The summed E-state index contributed by atoms with van der Waals surface area (Å²) < 4.78 is 23.5. The molecule has 4 nitrogen and oxygen atoms in total. The number of nitrogens with zero attached hydrogens (tertiary/aromatic N) is 1. The summed E-state index contributed by atoms with van der Waals surface area (Å²) in [4.78, 5) is 2.57. The van der Waals surface area contributed by atoms with E-state index < -0.39 is 9.84 Å². The second-order valence-corrected chi connectivity index (χ2v) is 7.30. The molecule has 0 radical (unpaired) electrons. The molecular formula is C14H24N2O2S. The molecule has 2 N–H and O–H groups in total.